The van der Waals surface area contributed by atoms with E-state index in [0.29, 0.717) is 5.56 Å². The summed E-state index contributed by atoms with van der Waals surface area (Å²) in [5.74, 6) is -4.86. The Balaban J connectivity index is 1.18. The Hall–Kier alpha value is -3.74. The first-order valence-electron chi connectivity index (χ1n) is 14.3. The standard InChI is InChI=1S/C28H35N5O11S2/c1-12(34)44-14-8-6-13(7-9-14)16(30)20(35)31-17-22(37)32-18(27(2,3)45-23(17)32)25(38)42-11-43-26(39)19-28(4,5)46(40,41)24-15(10-29)21(36)33(19)24/h6-9,15-19,23-24H,10-11,29-30H2,1-5H3,(H,31,35)/t15-,16?,17?,18-,19-,23+,24+/m0/s1. The normalized spacial score (nSPS) is 30.2. The number of nitrogens with zero attached hydrogens (tertiary/aromatic N) is 2. The Kier molecular flexibility index (Phi) is 8.40. The quantitative estimate of drug-likeness (QED) is 0.117. The molecule has 0 aromatic heterocycles. The highest BCUT2D eigenvalue weighted by molar-refractivity contribution is 8.01. The van der Waals surface area contributed by atoms with Crippen molar-refractivity contribution in [3.8, 4) is 5.75 Å². The summed E-state index contributed by atoms with van der Waals surface area (Å²) in [5.41, 5.74) is 12.1. The van der Waals surface area contributed by atoms with Gasteiger partial charge in [0.25, 0.3) is 0 Å². The van der Waals surface area contributed by atoms with Crippen LogP contribution in [0.2, 0.25) is 0 Å². The molecular weight excluding hydrogens is 646 g/mol. The number of carbonyl (C=O) groups excluding carboxylic acids is 6. The van der Waals surface area contributed by atoms with E-state index in [1.165, 1.54) is 61.7 Å². The first kappa shape index (κ1) is 33.6. The number of nitrogens with two attached hydrogens (primary N) is 2. The van der Waals surface area contributed by atoms with Crippen molar-refractivity contribution in [2.45, 2.75) is 79.0 Å². The van der Waals surface area contributed by atoms with E-state index < -0.39 is 103 Å². The number of amides is 3. The summed E-state index contributed by atoms with van der Waals surface area (Å²) in [6, 6.07) is 1.35. The number of sulfone groups is 1. The van der Waals surface area contributed by atoms with Crippen LogP contribution < -0.4 is 21.5 Å². The summed E-state index contributed by atoms with van der Waals surface area (Å²) in [5, 5.41) is 0.789. The molecule has 4 saturated heterocycles. The molecule has 16 nitrogen and oxygen atoms in total. The maximum Gasteiger partial charge on any atom is 0.333 e. The highest BCUT2D eigenvalue weighted by Gasteiger charge is 2.72. The van der Waals surface area contributed by atoms with Gasteiger partial charge in [-0.2, -0.15) is 0 Å². The number of β-lactam (4-membered cyclic amide) rings is 2. The predicted molar refractivity (Wildman–Crippen MR) is 160 cm³/mol. The number of nitrogens with one attached hydrogen (secondary N) is 1. The van der Waals surface area contributed by atoms with Crippen molar-refractivity contribution in [3.63, 3.8) is 0 Å². The van der Waals surface area contributed by atoms with Gasteiger partial charge in [0.05, 0.1) is 10.7 Å². The fourth-order valence-corrected chi connectivity index (χ4v) is 10.3. The lowest BCUT2D eigenvalue weighted by Crippen LogP contribution is -2.71. The molecule has 5 N–H and O–H groups in total. The zero-order chi connectivity index (χ0) is 34.1. The number of carbonyl (C=O) groups is 6. The summed E-state index contributed by atoms with van der Waals surface area (Å²) in [7, 11) is -3.96. The van der Waals surface area contributed by atoms with E-state index in [4.69, 9.17) is 25.7 Å². The third-order valence-corrected chi connectivity index (χ3v) is 13.3. The van der Waals surface area contributed by atoms with Gasteiger partial charge in [-0.15, -0.1) is 11.8 Å². The zero-order valence-electron chi connectivity index (χ0n) is 25.6. The Morgan fingerprint density at radius 3 is 2.13 bits per heavy atom. The fraction of sp³-hybridized carbons (Fsp3) is 0.571. The van der Waals surface area contributed by atoms with Crippen LogP contribution in [0, 0.1) is 5.92 Å². The molecule has 0 aliphatic carbocycles. The summed E-state index contributed by atoms with van der Waals surface area (Å²) >= 11 is 1.26. The topological polar surface area (TPSA) is 235 Å². The minimum absolute atomic E-state index is 0.190. The monoisotopic (exact) mass is 681 g/mol. The Labute approximate surface area is 268 Å². The Bertz CT molecular complexity index is 1610. The molecule has 4 aliphatic rings. The molecule has 0 spiro atoms. The van der Waals surface area contributed by atoms with Gasteiger partial charge in [0.1, 0.15) is 40.7 Å². The van der Waals surface area contributed by atoms with Crippen LogP contribution in [0.15, 0.2) is 24.3 Å². The van der Waals surface area contributed by atoms with Gasteiger partial charge in [0.15, 0.2) is 9.84 Å². The van der Waals surface area contributed by atoms with Crippen molar-refractivity contribution >= 4 is 57.2 Å². The number of hydrogen-bond donors (Lipinski definition) is 3. The number of thioether (sulfide) groups is 1. The van der Waals surface area contributed by atoms with Crippen LogP contribution in [0.3, 0.4) is 0 Å². The number of hydrogen-bond acceptors (Lipinski definition) is 14. The van der Waals surface area contributed by atoms with Gasteiger partial charge in [-0.05, 0) is 45.4 Å². The van der Waals surface area contributed by atoms with Crippen molar-refractivity contribution < 1.29 is 51.4 Å². The van der Waals surface area contributed by atoms with Crippen LogP contribution >= 0.6 is 11.8 Å². The SMILES string of the molecule is CC(=O)Oc1ccc(C(N)C(=O)NC2C(=O)N3[C@@H]2SC(C)(C)[C@@H]3C(=O)OCOC(=O)[C@@H]2N3C(=O)[C@H](CN)[C@H]3S(=O)(=O)C2(C)C)cc1. The average molecular weight is 682 g/mol. The van der Waals surface area contributed by atoms with Gasteiger partial charge in [-0.3, -0.25) is 19.2 Å². The smallest absolute Gasteiger partial charge is 0.333 e. The minimum Gasteiger partial charge on any atom is -0.427 e. The average Bonchev–Trinajstić information content (AvgIpc) is 3.31. The van der Waals surface area contributed by atoms with E-state index in [-0.39, 0.29) is 12.3 Å². The van der Waals surface area contributed by atoms with Gasteiger partial charge >= 0.3 is 17.9 Å². The molecule has 1 aromatic rings. The number of esters is 3. The predicted octanol–water partition coefficient (Wildman–Crippen LogP) is -1.48. The largest absolute Gasteiger partial charge is 0.427 e. The lowest BCUT2D eigenvalue weighted by molar-refractivity contribution is -0.182. The second-order valence-electron chi connectivity index (χ2n) is 12.5. The van der Waals surface area contributed by atoms with Crippen LogP contribution in [-0.2, 0) is 48.1 Å². The first-order chi connectivity index (χ1) is 21.4. The third-order valence-electron chi connectivity index (χ3n) is 8.80. The van der Waals surface area contributed by atoms with Crippen molar-refractivity contribution in [3.05, 3.63) is 29.8 Å². The van der Waals surface area contributed by atoms with Crippen molar-refractivity contribution in [1.82, 2.24) is 15.1 Å². The van der Waals surface area contributed by atoms with Crippen LogP contribution in [0.5, 0.6) is 5.75 Å². The molecule has 3 amide bonds. The second kappa shape index (κ2) is 11.5. The van der Waals surface area contributed by atoms with Gasteiger partial charge in [0, 0.05) is 18.2 Å². The van der Waals surface area contributed by atoms with Crippen LogP contribution in [0.1, 0.15) is 46.2 Å². The molecule has 46 heavy (non-hydrogen) atoms. The lowest BCUT2D eigenvalue weighted by atomic mass is 9.92. The van der Waals surface area contributed by atoms with Crippen molar-refractivity contribution in [2.75, 3.05) is 13.3 Å². The van der Waals surface area contributed by atoms with E-state index in [0.717, 1.165) is 4.90 Å². The van der Waals surface area contributed by atoms with Gasteiger partial charge in [-0.1, -0.05) is 12.1 Å². The van der Waals surface area contributed by atoms with Crippen molar-refractivity contribution in [2.24, 2.45) is 17.4 Å². The molecule has 0 radical (unpaired) electrons. The molecule has 1 aromatic carbocycles. The van der Waals surface area contributed by atoms with E-state index in [2.05, 4.69) is 5.32 Å². The molecule has 2 unspecified atom stereocenters. The summed E-state index contributed by atoms with van der Waals surface area (Å²) in [4.78, 5) is 78.1. The van der Waals surface area contributed by atoms with Gasteiger partial charge in [0.2, 0.25) is 24.5 Å². The van der Waals surface area contributed by atoms with Crippen LogP contribution in [-0.4, -0.2) is 106 Å². The summed E-state index contributed by atoms with van der Waals surface area (Å²) in [6.45, 7) is 6.24. The first-order valence-corrected chi connectivity index (χ1v) is 16.7. The number of ether oxygens (including phenoxy) is 3. The summed E-state index contributed by atoms with van der Waals surface area (Å²) < 4.78 is 38.9. The molecule has 4 fully saturated rings. The molecule has 4 heterocycles. The third kappa shape index (κ3) is 5.10. The molecule has 5 rings (SSSR count). The molecule has 4 aliphatic heterocycles. The molecule has 18 heteroatoms. The second-order valence-corrected chi connectivity index (χ2v) is 16.9. The maximum absolute atomic E-state index is 13.2. The Morgan fingerprint density at radius 2 is 1.57 bits per heavy atom. The van der Waals surface area contributed by atoms with Crippen LogP contribution in [0.4, 0.5) is 0 Å². The number of benzene rings is 1. The maximum atomic E-state index is 13.2. The van der Waals surface area contributed by atoms with E-state index in [1.54, 1.807) is 13.8 Å². The molecular formula is C28H35N5O11S2. The number of rotatable bonds is 9. The van der Waals surface area contributed by atoms with Crippen molar-refractivity contribution in [1.29, 1.82) is 0 Å². The van der Waals surface area contributed by atoms with Gasteiger partial charge in [-0.25, -0.2) is 18.0 Å². The van der Waals surface area contributed by atoms with E-state index in [9.17, 15) is 37.2 Å². The lowest BCUT2D eigenvalue weighted by Gasteiger charge is -2.44. The van der Waals surface area contributed by atoms with Crippen LogP contribution in [0.25, 0.3) is 0 Å². The summed E-state index contributed by atoms with van der Waals surface area (Å²) in [6.07, 6.45) is 0. The van der Waals surface area contributed by atoms with Gasteiger partial charge < -0.3 is 40.8 Å². The highest BCUT2D eigenvalue weighted by atomic mass is 32.2. The highest BCUT2D eigenvalue weighted by Crippen LogP contribution is 2.51. The molecule has 250 valence electrons. The molecule has 7 atom stereocenters. The molecule has 0 bridgehead atoms. The zero-order valence-corrected chi connectivity index (χ0v) is 27.3. The van der Waals surface area contributed by atoms with E-state index in [1.807, 2.05) is 0 Å². The molecule has 0 saturated carbocycles. The fourth-order valence-electron chi connectivity index (χ4n) is 6.34. The number of fused-ring (bicyclic) bond motifs is 2. The van der Waals surface area contributed by atoms with E-state index >= 15 is 0 Å². The minimum atomic E-state index is -3.96. The Morgan fingerprint density at radius 1 is 0.978 bits per heavy atom.